The summed E-state index contributed by atoms with van der Waals surface area (Å²) in [5, 5.41) is 10.7. The summed E-state index contributed by atoms with van der Waals surface area (Å²) in [6, 6.07) is 0. The highest BCUT2D eigenvalue weighted by atomic mass is 32.2. The van der Waals surface area contributed by atoms with Crippen molar-refractivity contribution in [3.05, 3.63) is 27.4 Å². The Morgan fingerprint density at radius 1 is 0.800 bits per heavy atom. The van der Waals surface area contributed by atoms with Gasteiger partial charge >= 0.3 is 0 Å². The van der Waals surface area contributed by atoms with Gasteiger partial charge in [0.25, 0.3) is 0 Å². The van der Waals surface area contributed by atoms with Crippen molar-refractivity contribution in [1.82, 2.24) is 10.6 Å². The number of hydrazine groups is 1. The van der Waals surface area contributed by atoms with Crippen LogP contribution in [0.3, 0.4) is 0 Å². The highest BCUT2D eigenvalue weighted by Gasteiger charge is 2.36. The number of rotatable bonds is 4. The number of hydrogen-bond acceptors (Lipinski definition) is 7. The topological polar surface area (TPSA) is 107 Å². The molecule has 1 aliphatic heterocycles. The lowest BCUT2D eigenvalue weighted by Crippen LogP contribution is -2.43. The molecule has 142 valence electrons. The Bertz CT molecular complexity index is 758. The number of hydroxylamine groups is 1. The van der Waals surface area contributed by atoms with E-state index in [1.54, 1.807) is 0 Å². The maximum absolute atomic E-state index is 12.7. The summed E-state index contributed by atoms with van der Waals surface area (Å²) in [5.41, 5.74) is 2.25. The van der Waals surface area contributed by atoms with E-state index in [2.05, 4.69) is 5.43 Å². The van der Waals surface area contributed by atoms with Gasteiger partial charge < -0.3 is 10.4 Å². The van der Waals surface area contributed by atoms with Crippen LogP contribution in [-0.2, 0) is 19.7 Å². The van der Waals surface area contributed by atoms with E-state index in [0.29, 0.717) is 25.7 Å². The first-order valence-corrected chi connectivity index (χ1v) is 12.1. The Hall–Kier alpha value is -1.06. The van der Waals surface area contributed by atoms with E-state index >= 15 is 0 Å². The number of allylic oxidation sites excluding steroid dienone is 2. The third-order valence-corrected chi connectivity index (χ3v) is 9.79. The van der Waals surface area contributed by atoms with Crippen LogP contribution in [0.25, 0.3) is 0 Å². The lowest BCUT2D eigenvalue weighted by atomic mass is 10.0. The van der Waals surface area contributed by atoms with Crippen molar-refractivity contribution < 1.29 is 16.8 Å². The summed E-state index contributed by atoms with van der Waals surface area (Å²) in [7, 11) is -7.40. The first-order valence-electron chi connectivity index (χ1n) is 8.97. The molecule has 9 heteroatoms. The molecule has 0 spiro atoms. The zero-order chi connectivity index (χ0) is 18.1. The van der Waals surface area contributed by atoms with Gasteiger partial charge in [-0.15, -0.1) is 0 Å². The molecule has 0 aromatic rings. The molecule has 0 atom stereocenters. The molecule has 1 heterocycles. The third-order valence-electron chi connectivity index (χ3n) is 5.37. The second kappa shape index (κ2) is 7.28. The van der Waals surface area contributed by atoms with Crippen LogP contribution in [0.2, 0.25) is 0 Å². The number of nitrogens with one attached hydrogen (secondary N) is 1. The zero-order valence-corrected chi connectivity index (χ0v) is 15.8. The Morgan fingerprint density at radius 2 is 1.28 bits per heavy atom. The summed E-state index contributed by atoms with van der Waals surface area (Å²) in [6.45, 7) is 0. The minimum atomic E-state index is -3.76. The standard InChI is InChI=1S/C16H25N2O5S2/c19-18-16(25(22,23)14-9-5-2-6-10-14)12-11-15(17-18)24(20,21)13-7-3-1-4-8-13/h11-14,17H,1-10H2/q-1. The van der Waals surface area contributed by atoms with Crippen molar-refractivity contribution >= 4 is 19.7 Å². The molecular weight excluding hydrogens is 364 g/mol. The quantitative estimate of drug-likeness (QED) is 0.787. The smallest absolute Gasteiger partial charge is 0.197 e. The van der Waals surface area contributed by atoms with Gasteiger partial charge in [-0.2, -0.15) is 0 Å². The number of sulfone groups is 2. The van der Waals surface area contributed by atoms with Gasteiger partial charge in [-0.1, -0.05) is 38.5 Å². The fraction of sp³-hybridized carbons (Fsp3) is 0.750. The first-order chi connectivity index (χ1) is 11.8. The van der Waals surface area contributed by atoms with E-state index in [1.807, 2.05) is 0 Å². The molecule has 2 saturated carbocycles. The summed E-state index contributed by atoms with van der Waals surface area (Å²) in [4.78, 5) is 0. The van der Waals surface area contributed by atoms with Crippen molar-refractivity contribution in [2.45, 2.75) is 74.7 Å². The lowest BCUT2D eigenvalue weighted by Gasteiger charge is -2.38. The van der Waals surface area contributed by atoms with Crippen LogP contribution in [0, 0.1) is 5.21 Å². The molecule has 0 aromatic heterocycles. The Kier molecular flexibility index (Phi) is 5.45. The van der Waals surface area contributed by atoms with E-state index in [-0.39, 0.29) is 15.2 Å². The van der Waals surface area contributed by atoms with E-state index in [1.165, 1.54) is 6.08 Å². The Labute approximate surface area is 149 Å². The molecule has 0 unspecified atom stereocenters. The molecule has 0 bridgehead atoms. The van der Waals surface area contributed by atoms with Gasteiger partial charge in [0.05, 0.1) is 10.5 Å². The van der Waals surface area contributed by atoms with E-state index in [0.717, 1.165) is 44.6 Å². The number of nitrogens with zero attached hydrogens (tertiary/aromatic N) is 1. The van der Waals surface area contributed by atoms with Gasteiger partial charge in [-0.3, -0.25) is 5.43 Å². The normalized spacial score (nSPS) is 24.4. The molecule has 3 aliphatic rings. The van der Waals surface area contributed by atoms with Crippen LogP contribution in [0.15, 0.2) is 22.2 Å². The fourth-order valence-electron chi connectivity index (χ4n) is 3.88. The average molecular weight is 390 g/mol. The molecule has 0 aromatic carbocycles. The summed E-state index contributed by atoms with van der Waals surface area (Å²) >= 11 is 0. The maximum atomic E-state index is 12.7. The molecule has 25 heavy (non-hydrogen) atoms. The van der Waals surface area contributed by atoms with Crippen LogP contribution < -0.4 is 5.43 Å². The van der Waals surface area contributed by atoms with Crippen molar-refractivity contribution in [1.29, 1.82) is 0 Å². The predicted molar refractivity (Wildman–Crippen MR) is 96.1 cm³/mol. The SMILES string of the molecule is O=S(=O)(C1=CC=C(S(=O)(=O)C2CCCCC2)N([O-])N1)C1CCCCC1. The molecule has 0 amide bonds. The first kappa shape index (κ1) is 18.7. The van der Waals surface area contributed by atoms with Crippen molar-refractivity contribution in [2.75, 3.05) is 0 Å². The predicted octanol–water partition coefficient (Wildman–Crippen LogP) is 2.48. The van der Waals surface area contributed by atoms with Gasteiger partial charge in [-0.05, 0) is 37.8 Å². The van der Waals surface area contributed by atoms with E-state index in [9.17, 15) is 22.0 Å². The molecule has 2 fully saturated rings. The van der Waals surface area contributed by atoms with Crippen LogP contribution in [0.5, 0.6) is 0 Å². The third kappa shape index (κ3) is 3.73. The van der Waals surface area contributed by atoms with Crippen molar-refractivity contribution in [3.63, 3.8) is 0 Å². The highest BCUT2D eigenvalue weighted by Crippen LogP contribution is 2.32. The lowest BCUT2D eigenvalue weighted by molar-refractivity contribution is 0.393. The fourth-order valence-corrected chi connectivity index (χ4v) is 7.49. The minimum absolute atomic E-state index is 0.111. The van der Waals surface area contributed by atoms with E-state index < -0.39 is 30.2 Å². The Morgan fingerprint density at radius 3 is 1.76 bits per heavy atom. The molecule has 2 aliphatic carbocycles. The average Bonchev–Trinajstić information content (AvgIpc) is 2.63. The van der Waals surface area contributed by atoms with Crippen LogP contribution in [0.1, 0.15) is 64.2 Å². The molecule has 1 N–H and O–H groups in total. The largest absolute Gasteiger partial charge is 0.738 e. The molecule has 3 rings (SSSR count). The van der Waals surface area contributed by atoms with Crippen LogP contribution in [0.4, 0.5) is 0 Å². The molecule has 0 radical (unpaired) electrons. The Balaban J connectivity index is 1.84. The maximum Gasteiger partial charge on any atom is 0.197 e. The van der Waals surface area contributed by atoms with Gasteiger partial charge in [-0.25, -0.2) is 16.8 Å². The molecular formula is C16H25N2O5S2-. The summed E-state index contributed by atoms with van der Waals surface area (Å²) in [6.07, 6.45) is 10.0. The summed E-state index contributed by atoms with van der Waals surface area (Å²) < 4.78 is 50.7. The van der Waals surface area contributed by atoms with E-state index in [4.69, 9.17) is 0 Å². The van der Waals surface area contributed by atoms with Crippen molar-refractivity contribution in [2.24, 2.45) is 0 Å². The van der Waals surface area contributed by atoms with Crippen LogP contribution >= 0.6 is 0 Å². The van der Waals surface area contributed by atoms with Gasteiger partial charge in [0.15, 0.2) is 19.7 Å². The summed E-state index contributed by atoms with van der Waals surface area (Å²) in [5.74, 6) is 0. The number of hydrogen-bond donors (Lipinski definition) is 1. The zero-order valence-electron chi connectivity index (χ0n) is 14.2. The molecule has 0 saturated heterocycles. The second-order valence-corrected chi connectivity index (χ2v) is 11.4. The highest BCUT2D eigenvalue weighted by molar-refractivity contribution is 7.96. The minimum Gasteiger partial charge on any atom is -0.738 e. The monoisotopic (exact) mass is 389 g/mol. The second-order valence-electron chi connectivity index (χ2n) is 7.05. The van der Waals surface area contributed by atoms with Crippen LogP contribution in [-0.4, -0.2) is 32.5 Å². The van der Waals surface area contributed by atoms with Gasteiger partial charge in [0, 0.05) is 0 Å². The van der Waals surface area contributed by atoms with Gasteiger partial charge in [0.2, 0.25) is 0 Å². The van der Waals surface area contributed by atoms with Crippen molar-refractivity contribution in [3.8, 4) is 0 Å². The van der Waals surface area contributed by atoms with Gasteiger partial charge in [0.1, 0.15) is 10.1 Å². The molecule has 7 nitrogen and oxygen atoms in total.